The topological polar surface area (TPSA) is 0 Å². The van der Waals surface area contributed by atoms with Crippen molar-refractivity contribution in [3.8, 4) is 24.7 Å². The molecule has 0 bridgehead atoms. The fourth-order valence-corrected chi connectivity index (χ4v) is 5.72. The second kappa shape index (κ2) is 8.91. The number of terminal acetylenes is 2. The van der Waals surface area contributed by atoms with Gasteiger partial charge in [0.1, 0.15) is 0 Å². The number of aryl methyl sites for hydroxylation is 3. The lowest BCUT2D eigenvalue weighted by Gasteiger charge is -2.34. The van der Waals surface area contributed by atoms with Crippen molar-refractivity contribution in [2.45, 2.75) is 73.1 Å². The molecule has 0 amide bonds. The zero-order valence-electron chi connectivity index (χ0n) is 23.4. The van der Waals surface area contributed by atoms with Crippen LogP contribution in [-0.2, 0) is 10.8 Å². The van der Waals surface area contributed by atoms with Gasteiger partial charge in [0, 0.05) is 5.57 Å². The van der Waals surface area contributed by atoms with Crippen molar-refractivity contribution in [1.82, 2.24) is 0 Å². The Morgan fingerprint density at radius 1 is 0.667 bits per heavy atom. The molecular formula is C35H37B. The molecular weight excluding hydrogens is 431 g/mol. The standard InChI is InChI=1S/C35H37B/c1-12-25(13-2)32-28-16-14-26(34(6,7)8)20-30(28)36(33-23(4)18-22(3)19-24(33)5)31-21-27(35(9,10)11)15-17-29(31)32/h1-2,14-21H,3-11H3. The van der Waals surface area contributed by atoms with Gasteiger partial charge in [0.25, 0.3) is 0 Å². The fourth-order valence-electron chi connectivity index (χ4n) is 5.72. The first-order chi connectivity index (χ1) is 16.8. The number of hydrogen-bond acceptors (Lipinski definition) is 0. The summed E-state index contributed by atoms with van der Waals surface area (Å²) < 4.78 is 0. The zero-order valence-corrected chi connectivity index (χ0v) is 23.4. The van der Waals surface area contributed by atoms with Crippen LogP contribution in [0.3, 0.4) is 0 Å². The first kappa shape index (κ1) is 25.7. The first-order valence-electron chi connectivity index (χ1n) is 12.8. The molecule has 0 aliphatic carbocycles. The summed E-state index contributed by atoms with van der Waals surface area (Å²) in [5.74, 6) is 5.64. The van der Waals surface area contributed by atoms with Crippen LogP contribution < -0.4 is 16.4 Å². The molecule has 0 saturated carbocycles. The van der Waals surface area contributed by atoms with Crippen molar-refractivity contribution < 1.29 is 0 Å². The SMILES string of the molecule is C#CC(C#C)=C1c2ccc(C(C)(C)C)cc2B(c2c(C)cc(C)cc2C)c2cc(C(C)(C)C)ccc21. The van der Waals surface area contributed by atoms with Gasteiger partial charge in [0.2, 0.25) is 6.71 Å². The maximum atomic E-state index is 5.99. The normalized spacial score (nSPS) is 13.0. The quantitative estimate of drug-likeness (QED) is 0.234. The van der Waals surface area contributed by atoms with E-state index in [0.29, 0.717) is 5.57 Å². The molecule has 3 aromatic rings. The highest BCUT2D eigenvalue weighted by atomic mass is 14.3. The van der Waals surface area contributed by atoms with Crippen molar-refractivity contribution in [2.75, 3.05) is 0 Å². The maximum absolute atomic E-state index is 5.99. The lowest BCUT2D eigenvalue weighted by molar-refractivity contribution is 0.590. The Labute approximate surface area is 219 Å². The number of fused-ring (bicyclic) bond motifs is 2. The molecule has 0 unspecified atom stereocenters. The number of benzene rings is 3. The van der Waals surface area contributed by atoms with Gasteiger partial charge >= 0.3 is 0 Å². The average Bonchev–Trinajstić information content (AvgIpc) is 2.78. The van der Waals surface area contributed by atoms with Crippen molar-refractivity contribution in [1.29, 1.82) is 0 Å². The molecule has 3 aromatic carbocycles. The highest BCUT2D eigenvalue weighted by Crippen LogP contribution is 2.33. The van der Waals surface area contributed by atoms with E-state index in [1.54, 1.807) is 0 Å². The van der Waals surface area contributed by atoms with Crippen molar-refractivity contribution in [3.05, 3.63) is 93.0 Å². The Morgan fingerprint density at radius 2 is 1.08 bits per heavy atom. The van der Waals surface area contributed by atoms with Gasteiger partial charge in [-0.05, 0) is 53.9 Å². The van der Waals surface area contributed by atoms with Crippen LogP contribution in [0.1, 0.15) is 80.5 Å². The third-order valence-corrected chi connectivity index (χ3v) is 7.56. The van der Waals surface area contributed by atoms with Gasteiger partial charge in [0.15, 0.2) is 0 Å². The second-order valence-electron chi connectivity index (χ2n) is 12.4. The summed E-state index contributed by atoms with van der Waals surface area (Å²) in [6.07, 6.45) is 12.0. The zero-order chi connectivity index (χ0) is 26.6. The Kier molecular flexibility index (Phi) is 6.35. The number of allylic oxidation sites excluding steroid dienone is 1. The van der Waals surface area contributed by atoms with E-state index in [2.05, 4.69) is 123 Å². The van der Waals surface area contributed by atoms with E-state index in [0.717, 1.165) is 16.7 Å². The fraction of sp³-hybridized carbons (Fsp3) is 0.314. The molecule has 0 atom stereocenters. The molecule has 0 radical (unpaired) electrons. The van der Waals surface area contributed by atoms with Crippen LogP contribution in [0.15, 0.2) is 54.1 Å². The summed E-state index contributed by atoms with van der Waals surface area (Å²) in [6, 6.07) is 18.4. The Bertz CT molecular complexity index is 1380. The van der Waals surface area contributed by atoms with E-state index >= 15 is 0 Å². The maximum Gasteiger partial charge on any atom is 0.243 e. The van der Waals surface area contributed by atoms with Crippen LogP contribution in [0.4, 0.5) is 0 Å². The third-order valence-electron chi connectivity index (χ3n) is 7.56. The van der Waals surface area contributed by atoms with Crippen LogP contribution in [0.5, 0.6) is 0 Å². The van der Waals surface area contributed by atoms with Crippen LogP contribution in [0.2, 0.25) is 0 Å². The predicted molar refractivity (Wildman–Crippen MR) is 159 cm³/mol. The van der Waals surface area contributed by atoms with E-state index < -0.39 is 0 Å². The van der Waals surface area contributed by atoms with Gasteiger partial charge in [-0.15, -0.1) is 12.8 Å². The smallest absolute Gasteiger partial charge is 0.114 e. The van der Waals surface area contributed by atoms with Gasteiger partial charge in [0.05, 0.1) is 5.57 Å². The second-order valence-corrected chi connectivity index (χ2v) is 12.4. The van der Waals surface area contributed by atoms with Crippen molar-refractivity contribution in [2.24, 2.45) is 0 Å². The Morgan fingerprint density at radius 3 is 1.44 bits per heavy atom. The molecule has 36 heavy (non-hydrogen) atoms. The summed E-state index contributed by atoms with van der Waals surface area (Å²) in [4.78, 5) is 0. The summed E-state index contributed by atoms with van der Waals surface area (Å²) in [5.41, 5.74) is 14.5. The summed E-state index contributed by atoms with van der Waals surface area (Å²) >= 11 is 0. The van der Waals surface area contributed by atoms with Crippen LogP contribution in [0.25, 0.3) is 5.57 Å². The minimum absolute atomic E-state index is 0.0232. The van der Waals surface area contributed by atoms with E-state index in [4.69, 9.17) is 12.8 Å². The van der Waals surface area contributed by atoms with Gasteiger partial charge in [-0.3, -0.25) is 0 Å². The average molecular weight is 468 g/mol. The highest BCUT2D eigenvalue weighted by molar-refractivity contribution is 6.97. The van der Waals surface area contributed by atoms with E-state index in [1.165, 1.54) is 44.2 Å². The molecule has 1 heteroatoms. The molecule has 0 saturated heterocycles. The predicted octanol–water partition coefficient (Wildman–Crippen LogP) is 6.10. The van der Waals surface area contributed by atoms with Crippen LogP contribution >= 0.6 is 0 Å². The van der Waals surface area contributed by atoms with Crippen molar-refractivity contribution in [3.63, 3.8) is 0 Å². The Hall–Kier alpha value is -3.42. The third kappa shape index (κ3) is 4.33. The monoisotopic (exact) mass is 468 g/mol. The van der Waals surface area contributed by atoms with Crippen LogP contribution in [0, 0.1) is 45.5 Å². The molecule has 180 valence electrons. The molecule has 4 rings (SSSR count). The molecule has 0 spiro atoms. The summed E-state index contributed by atoms with van der Waals surface area (Å²) in [7, 11) is 0. The van der Waals surface area contributed by atoms with E-state index in [-0.39, 0.29) is 17.5 Å². The summed E-state index contributed by atoms with van der Waals surface area (Å²) in [5, 5.41) is 0. The lowest BCUT2D eigenvalue weighted by atomic mass is 9.31. The lowest BCUT2D eigenvalue weighted by Crippen LogP contribution is -2.58. The number of rotatable bonds is 1. The largest absolute Gasteiger partial charge is 0.243 e. The first-order valence-corrected chi connectivity index (χ1v) is 12.8. The molecule has 1 heterocycles. The van der Waals surface area contributed by atoms with Crippen molar-refractivity contribution >= 4 is 28.7 Å². The van der Waals surface area contributed by atoms with Crippen LogP contribution in [-0.4, -0.2) is 6.71 Å². The van der Waals surface area contributed by atoms with Gasteiger partial charge in [-0.2, -0.15) is 0 Å². The summed E-state index contributed by atoms with van der Waals surface area (Å²) in [6.45, 7) is 20.4. The van der Waals surface area contributed by atoms with Gasteiger partial charge in [-0.1, -0.05) is 135 Å². The minimum Gasteiger partial charge on any atom is -0.114 e. The van der Waals surface area contributed by atoms with Gasteiger partial charge < -0.3 is 0 Å². The van der Waals surface area contributed by atoms with Gasteiger partial charge in [-0.25, -0.2) is 0 Å². The molecule has 0 fully saturated rings. The molecule has 1 aliphatic rings. The van der Waals surface area contributed by atoms with E-state index in [1.807, 2.05) is 0 Å². The number of hydrogen-bond donors (Lipinski definition) is 0. The minimum atomic E-state index is 0.0232. The Balaban J connectivity index is 2.22. The molecule has 0 nitrogen and oxygen atoms in total. The highest BCUT2D eigenvalue weighted by Gasteiger charge is 2.37. The van der Waals surface area contributed by atoms with E-state index in [9.17, 15) is 0 Å². The molecule has 0 N–H and O–H groups in total. The molecule has 0 aromatic heterocycles. The molecule has 1 aliphatic heterocycles.